The van der Waals surface area contributed by atoms with Gasteiger partial charge in [-0.2, -0.15) is 5.10 Å². The van der Waals surface area contributed by atoms with Gasteiger partial charge in [-0.05, 0) is 64.2 Å². The number of nitrogens with zero attached hydrogens (tertiary/aromatic N) is 4. The van der Waals surface area contributed by atoms with Crippen molar-refractivity contribution >= 4 is 0 Å². The number of hydrogen-bond donors (Lipinski definition) is 0. The molecular formula is C32H22N4O. The van der Waals surface area contributed by atoms with Crippen LogP contribution in [0.1, 0.15) is 22.4 Å². The van der Waals surface area contributed by atoms with Crippen molar-refractivity contribution in [3.05, 3.63) is 156 Å². The number of hydrogen-bond acceptors (Lipinski definition) is 4. The van der Waals surface area contributed by atoms with Crippen molar-refractivity contribution in [3.8, 4) is 28.3 Å². The predicted octanol–water partition coefficient (Wildman–Crippen LogP) is 6.82. The molecule has 2 aromatic heterocycles. The Kier molecular flexibility index (Phi) is 4.93. The van der Waals surface area contributed by atoms with Crippen molar-refractivity contribution < 1.29 is 4.74 Å². The average Bonchev–Trinajstić information content (AvgIpc) is 3.60. The highest BCUT2D eigenvalue weighted by Crippen LogP contribution is 2.55. The van der Waals surface area contributed by atoms with Crippen LogP contribution in [-0.4, -0.2) is 19.7 Å². The summed E-state index contributed by atoms with van der Waals surface area (Å²) in [5.41, 5.74) is 7.32. The minimum absolute atomic E-state index is 0.559. The molecule has 0 radical (unpaired) electrons. The molecule has 0 amide bonds. The standard InChI is InChI=1S/C32H22N4O/c1-3-15-29-27(13-1)28-14-2-4-16-30(28)32(29,31-17-5-6-18-34-31)23-9-7-11-25(19-23)37-26-12-8-10-24(20-26)36-22-33-21-35-36/h1-22H. The molecule has 0 spiro atoms. The fourth-order valence-electron chi connectivity index (χ4n) is 5.51. The lowest BCUT2D eigenvalue weighted by Crippen LogP contribution is -2.29. The summed E-state index contributed by atoms with van der Waals surface area (Å²) < 4.78 is 8.11. The summed E-state index contributed by atoms with van der Waals surface area (Å²) in [7, 11) is 0. The molecule has 0 N–H and O–H groups in total. The lowest BCUT2D eigenvalue weighted by molar-refractivity contribution is 0.480. The molecule has 6 aromatic rings. The van der Waals surface area contributed by atoms with E-state index in [4.69, 9.17) is 9.72 Å². The number of ether oxygens (including phenoxy) is 1. The van der Waals surface area contributed by atoms with E-state index in [0.717, 1.165) is 28.4 Å². The van der Waals surface area contributed by atoms with Crippen LogP contribution in [0, 0.1) is 0 Å². The molecule has 1 aliphatic rings. The van der Waals surface area contributed by atoms with Crippen LogP contribution in [0.4, 0.5) is 0 Å². The number of pyridine rings is 1. The summed E-state index contributed by atoms with van der Waals surface area (Å²) in [6.07, 6.45) is 5.06. The maximum absolute atomic E-state index is 6.39. The molecule has 2 heterocycles. The van der Waals surface area contributed by atoms with E-state index in [1.165, 1.54) is 28.6 Å². The van der Waals surface area contributed by atoms with Crippen LogP contribution in [0.5, 0.6) is 11.5 Å². The third-order valence-corrected chi connectivity index (χ3v) is 7.01. The molecule has 0 saturated carbocycles. The normalized spacial score (nSPS) is 13.1. The summed E-state index contributed by atoms with van der Waals surface area (Å²) in [5.74, 6) is 1.48. The Morgan fingerprint density at radius 1 is 0.649 bits per heavy atom. The zero-order valence-corrected chi connectivity index (χ0v) is 19.9. The molecule has 1 aliphatic carbocycles. The second kappa shape index (κ2) is 8.57. The van der Waals surface area contributed by atoms with Crippen molar-refractivity contribution in [1.29, 1.82) is 0 Å². The van der Waals surface area contributed by atoms with Crippen LogP contribution in [0.2, 0.25) is 0 Å². The van der Waals surface area contributed by atoms with Gasteiger partial charge in [-0.3, -0.25) is 4.98 Å². The van der Waals surface area contributed by atoms with Crippen LogP contribution < -0.4 is 4.74 Å². The Balaban J connectivity index is 1.40. The SMILES string of the molecule is c1ccc(C2(c3cccc(Oc4cccc(-n5cncn5)c4)c3)c3ccccc3-c3ccccc32)nc1. The van der Waals surface area contributed by atoms with E-state index >= 15 is 0 Å². The van der Waals surface area contributed by atoms with E-state index in [9.17, 15) is 0 Å². The van der Waals surface area contributed by atoms with Gasteiger partial charge in [0.15, 0.2) is 0 Å². The quantitative estimate of drug-likeness (QED) is 0.272. The molecule has 5 nitrogen and oxygen atoms in total. The third-order valence-electron chi connectivity index (χ3n) is 7.01. The molecule has 0 fully saturated rings. The topological polar surface area (TPSA) is 52.8 Å². The van der Waals surface area contributed by atoms with Crippen molar-refractivity contribution in [2.45, 2.75) is 5.41 Å². The fraction of sp³-hybridized carbons (Fsp3) is 0.0312. The number of aromatic nitrogens is 4. The summed E-state index contributed by atoms with van der Waals surface area (Å²) >= 11 is 0. The first-order valence-corrected chi connectivity index (χ1v) is 12.2. The lowest BCUT2D eigenvalue weighted by Gasteiger charge is -2.32. The monoisotopic (exact) mass is 478 g/mol. The van der Waals surface area contributed by atoms with Gasteiger partial charge in [-0.1, -0.05) is 72.8 Å². The first kappa shape index (κ1) is 21.3. The highest BCUT2D eigenvalue weighted by molar-refractivity contribution is 5.85. The van der Waals surface area contributed by atoms with Gasteiger partial charge in [0.05, 0.1) is 16.8 Å². The van der Waals surface area contributed by atoms with E-state index in [1.54, 1.807) is 11.0 Å². The molecule has 0 bridgehead atoms. The van der Waals surface area contributed by atoms with Gasteiger partial charge in [0, 0.05) is 12.3 Å². The van der Waals surface area contributed by atoms with Crippen molar-refractivity contribution in [2.24, 2.45) is 0 Å². The lowest BCUT2D eigenvalue weighted by atomic mass is 9.70. The summed E-state index contributed by atoms with van der Waals surface area (Å²) in [4.78, 5) is 8.95. The molecule has 4 aromatic carbocycles. The van der Waals surface area contributed by atoms with E-state index in [0.29, 0.717) is 0 Å². The number of rotatable bonds is 5. The third kappa shape index (κ3) is 3.36. The highest BCUT2D eigenvalue weighted by atomic mass is 16.5. The van der Waals surface area contributed by atoms with Gasteiger partial charge in [-0.15, -0.1) is 0 Å². The molecule has 0 aliphatic heterocycles. The first-order chi connectivity index (χ1) is 18.3. The summed E-state index contributed by atoms with van der Waals surface area (Å²) in [6, 6.07) is 39.6. The van der Waals surface area contributed by atoms with Gasteiger partial charge in [0.2, 0.25) is 0 Å². The van der Waals surface area contributed by atoms with Crippen LogP contribution >= 0.6 is 0 Å². The van der Waals surface area contributed by atoms with Gasteiger partial charge >= 0.3 is 0 Å². The molecule has 0 unspecified atom stereocenters. The van der Waals surface area contributed by atoms with Crippen molar-refractivity contribution in [1.82, 2.24) is 19.7 Å². The van der Waals surface area contributed by atoms with Gasteiger partial charge in [0.1, 0.15) is 24.2 Å². The Morgan fingerprint density at radius 3 is 2.05 bits per heavy atom. The molecule has 0 atom stereocenters. The predicted molar refractivity (Wildman–Crippen MR) is 143 cm³/mol. The minimum Gasteiger partial charge on any atom is -0.457 e. The largest absolute Gasteiger partial charge is 0.457 e. The number of fused-ring (bicyclic) bond motifs is 3. The van der Waals surface area contributed by atoms with E-state index in [1.807, 2.05) is 42.6 Å². The zero-order chi connectivity index (χ0) is 24.7. The minimum atomic E-state index is -0.559. The molecule has 7 rings (SSSR count). The Hall–Kier alpha value is -5.03. The Bertz CT molecular complexity index is 1670. The maximum atomic E-state index is 6.39. The fourth-order valence-corrected chi connectivity index (χ4v) is 5.51. The average molecular weight is 479 g/mol. The van der Waals surface area contributed by atoms with Crippen LogP contribution in [-0.2, 0) is 5.41 Å². The van der Waals surface area contributed by atoms with Gasteiger partial charge < -0.3 is 4.74 Å². The number of benzene rings is 4. The Morgan fingerprint density at radius 2 is 1.35 bits per heavy atom. The van der Waals surface area contributed by atoms with E-state index < -0.39 is 5.41 Å². The van der Waals surface area contributed by atoms with Gasteiger partial charge in [0.25, 0.3) is 0 Å². The van der Waals surface area contributed by atoms with Crippen LogP contribution in [0.15, 0.2) is 134 Å². The summed E-state index contributed by atoms with van der Waals surface area (Å²) in [6.45, 7) is 0. The Labute approximate surface area is 214 Å². The molecule has 37 heavy (non-hydrogen) atoms. The smallest absolute Gasteiger partial charge is 0.138 e. The zero-order valence-electron chi connectivity index (χ0n) is 19.9. The second-order valence-corrected chi connectivity index (χ2v) is 9.02. The van der Waals surface area contributed by atoms with Crippen LogP contribution in [0.3, 0.4) is 0 Å². The molecule has 0 saturated heterocycles. The maximum Gasteiger partial charge on any atom is 0.138 e. The van der Waals surface area contributed by atoms with E-state index in [2.05, 4.69) is 88.9 Å². The highest BCUT2D eigenvalue weighted by Gasteiger charge is 2.47. The van der Waals surface area contributed by atoms with Crippen LogP contribution in [0.25, 0.3) is 16.8 Å². The molecular weight excluding hydrogens is 456 g/mol. The first-order valence-electron chi connectivity index (χ1n) is 12.2. The second-order valence-electron chi connectivity index (χ2n) is 9.02. The molecule has 5 heteroatoms. The summed E-state index contributed by atoms with van der Waals surface area (Å²) in [5, 5.41) is 4.23. The molecule has 176 valence electrons. The van der Waals surface area contributed by atoms with Crippen molar-refractivity contribution in [3.63, 3.8) is 0 Å². The van der Waals surface area contributed by atoms with Crippen molar-refractivity contribution in [2.75, 3.05) is 0 Å². The van der Waals surface area contributed by atoms with Gasteiger partial charge in [-0.25, -0.2) is 9.67 Å². The van der Waals surface area contributed by atoms with E-state index in [-0.39, 0.29) is 0 Å².